The van der Waals surface area contributed by atoms with Gasteiger partial charge in [0.15, 0.2) is 0 Å². The van der Waals surface area contributed by atoms with Crippen LogP contribution < -0.4 is 4.90 Å². The van der Waals surface area contributed by atoms with Crippen molar-refractivity contribution in [1.29, 1.82) is 0 Å². The van der Waals surface area contributed by atoms with E-state index in [0.717, 1.165) is 18.4 Å². The third-order valence-corrected chi connectivity index (χ3v) is 10.3. The van der Waals surface area contributed by atoms with Crippen LogP contribution in [-0.2, 0) is 25.2 Å². The molecule has 12 heteroatoms. The molecule has 0 aromatic heterocycles. The van der Waals surface area contributed by atoms with E-state index in [9.17, 15) is 22.4 Å². The number of sulfonamides is 1. The molecule has 2 aliphatic rings. The molecule has 2 aromatic rings. The summed E-state index contributed by atoms with van der Waals surface area (Å²) in [5.41, 5.74) is 1.19. The molecule has 0 N–H and O–H groups in total. The Hall–Kier alpha value is -2.40. The molecule has 4 rings (SSSR count). The van der Waals surface area contributed by atoms with Crippen molar-refractivity contribution in [3.05, 3.63) is 63.4 Å². The van der Waals surface area contributed by atoms with Crippen LogP contribution in [0.5, 0.6) is 0 Å². The molecule has 2 aromatic carbocycles. The minimum atomic E-state index is -3.32. The van der Waals surface area contributed by atoms with Crippen molar-refractivity contribution in [1.82, 2.24) is 9.21 Å². The molecule has 2 aliphatic heterocycles. The zero-order chi connectivity index (χ0) is 30.7. The van der Waals surface area contributed by atoms with E-state index in [-0.39, 0.29) is 24.8 Å². The molecule has 42 heavy (non-hydrogen) atoms. The summed E-state index contributed by atoms with van der Waals surface area (Å²) in [5.74, 6) is -0.913. The van der Waals surface area contributed by atoms with Crippen LogP contribution in [0.1, 0.15) is 68.9 Å². The molecule has 0 saturated carbocycles. The number of ether oxygens (including phenoxy) is 1. The first-order valence-corrected chi connectivity index (χ1v) is 16.9. The quantitative estimate of drug-likeness (QED) is 0.260. The third-order valence-electron chi connectivity index (χ3n) is 8.26. The van der Waals surface area contributed by atoms with Gasteiger partial charge in [-0.15, -0.1) is 0 Å². The van der Waals surface area contributed by atoms with Gasteiger partial charge < -0.3 is 9.64 Å². The molecular formula is C30H38Cl2FN3O5S. The van der Waals surface area contributed by atoms with Crippen LogP contribution >= 0.6 is 23.2 Å². The number of amides is 2. The largest absolute Gasteiger partial charge is 0.438 e. The average Bonchev–Trinajstić information content (AvgIpc) is 2.95. The number of fused-ring (bicyclic) bond motifs is 1. The second-order valence-corrected chi connectivity index (χ2v) is 13.9. The van der Waals surface area contributed by atoms with Gasteiger partial charge in [0.25, 0.3) is 0 Å². The molecule has 0 bridgehead atoms. The van der Waals surface area contributed by atoms with E-state index in [1.54, 1.807) is 30.1 Å². The fourth-order valence-corrected chi connectivity index (χ4v) is 7.15. The number of nitrogens with zero attached hydrogens (tertiary/aromatic N) is 3. The monoisotopic (exact) mass is 641 g/mol. The van der Waals surface area contributed by atoms with Gasteiger partial charge in [0.1, 0.15) is 11.4 Å². The second kappa shape index (κ2) is 13.5. The predicted octanol–water partition coefficient (Wildman–Crippen LogP) is 6.55. The SMILES string of the molecule is CCCC1(CCCCCC(C(=O)N2CCN(S(C)(=O)=O)CC2)c2ccc(Cl)c(Cl)c2)OC(=O)N(C)c2ccc(F)cc21. The van der Waals surface area contributed by atoms with Crippen molar-refractivity contribution in [2.45, 2.75) is 63.4 Å². The highest BCUT2D eigenvalue weighted by Crippen LogP contribution is 2.45. The molecular weight excluding hydrogens is 604 g/mol. The lowest BCUT2D eigenvalue weighted by Crippen LogP contribution is -2.51. The van der Waals surface area contributed by atoms with Gasteiger partial charge in [-0.2, -0.15) is 4.31 Å². The summed E-state index contributed by atoms with van der Waals surface area (Å²) in [6.07, 6.45) is 5.33. The van der Waals surface area contributed by atoms with Crippen LogP contribution in [0, 0.1) is 5.82 Å². The van der Waals surface area contributed by atoms with E-state index in [4.69, 9.17) is 27.9 Å². The van der Waals surface area contributed by atoms with Crippen LogP contribution in [0.4, 0.5) is 14.9 Å². The Morgan fingerprint density at radius 1 is 1.02 bits per heavy atom. The molecule has 230 valence electrons. The fraction of sp³-hybridized carbons (Fsp3) is 0.533. The number of piperazine rings is 1. The summed E-state index contributed by atoms with van der Waals surface area (Å²) in [5, 5.41) is 0.768. The Morgan fingerprint density at radius 3 is 2.38 bits per heavy atom. The molecule has 1 fully saturated rings. The Morgan fingerprint density at radius 2 is 1.74 bits per heavy atom. The molecule has 0 radical (unpaired) electrons. The van der Waals surface area contributed by atoms with E-state index in [0.29, 0.717) is 66.5 Å². The molecule has 0 spiro atoms. The zero-order valence-corrected chi connectivity index (χ0v) is 26.6. The van der Waals surface area contributed by atoms with Gasteiger partial charge in [0.05, 0.1) is 27.9 Å². The average molecular weight is 643 g/mol. The molecule has 2 unspecified atom stereocenters. The van der Waals surface area contributed by atoms with Crippen LogP contribution in [0.15, 0.2) is 36.4 Å². The Kier molecular flexibility index (Phi) is 10.4. The van der Waals surface area contributed by atoms with Gasteiger partial charge in [-0.1, -0.05) is 55.5 Å². The minimum absolute atomic E-state index is 0.0716. The number of carbonyl (C=O) groups excluding carboxylic acids is 2. The van der Waals surface area contributed by atoms with E-state index in [1.165, 1.54) is 27.6 Å². The number of unbranched alkanes of at least 4 members (excludes halogenated alkanes) is 2. The van der Waals surface area contributed by atoms with Gasteiger partial charge in [0.2, 0.25) is 15.9 Å². The number of carbonyl (C=O) groups is 2. The van der Waals surface area contributed by atoms with Crippen LogP contribution in [0.2, 0.25) is 10.0 Å². The first-order valence-electron chi connectivity index (χ1n) is 14.3. The number of hydrogen-bond acceptors (Lipinski definition) is 5. The molecule has 8 nitrogen and oxygen atoms in total. The third kappa shape index (κ3) is 7.21. The summed E-state index contributed by atoms with van der Waals surface area (Å²) in [7, 11) is -1.69. The Balaban J connectivity index is 1.45. The number of halogens is 3. The topological polar surface area (TPSA) is 87.2 Å². The zero-order valence-electron chi connectivity index (χ0n) is 24.2. The maximum absolute atomic E-state index is 14.3. The Bertz CT molecular complexity index is 1420. The van der Waals surface area contributed by atoms with Crippen molar-refractivity contribution >= 4 is 50.9 Å². The number of anilines is 1. The number of rotatable bonds is 11. The molecule has 2 heterocycles. The number of cyclic esters (lactones) is 1. The van der Waals surface area contributed by atoms with Crippen LogP contribution in [0.25, 0.3) is 0 Å². The lowest BCUT2D eigenvalue weighted by atomic mass is 9.81. The highest BCUT2D eigenvalue weighted by atomic mass is 35.5. The first-order chi connectivity index (χ1) is 19.9. The van der Waals surface area contributed by atoms with E-state index in [1.807, 2.05) is 13.0 Å². The number of hydrogen-bond donors (Lipinski definition) is 0. The van der Waals surface area contributed by atoms with Crippen molar-refractivity contribution in [3.63, 3.8) is 0 Å². The van der Waals surface area contributed by atoms with Crippen LogP contribution in [0.3, 0.4) is 0 Å². The van der Waals surface area contributed by atoms with Gasteiger partial charge in [0, 0.05) is 38.8 Å². The van der Waals surface area contributed by atoms with Crippen molar-refractivity contribution < 1.29 is 27.1 Å². The smallest absolute Gasteiger partial charge is 0.414 e. The Labute approximate surface area is 257 Å². The normalized spacial score (nSPS) is 20.3. The summed E-state index contributed by atoms with van der Waals surface area (Å²) in [6, 6.07) is 9.66. The van der Waals surface area contributed by atoms with Crippen LogP contribution in [-0.4, -0.2) is 69.1 Å². The predicted molar refractivity (Wildman–Crippen MR) is 163 cm³/mol. The minimum Gasteiger partial charge on any atom is -0.438 e. The maximum atomic E-state index is 14.3. The van der Waals surface area contributed by atoms with Crippen molar-refractivity contribution in [2.24, 2.45) is 0 Å². The summed E-state index contributed by atoms with van der Waals surface area (Å²) < 4.78 is 45.5. The maximum Gasteiger partial charge on any atom is 0.414 e. The standard InChI is InChI=1S/C30H38Cl2FN3O5S/c1-4-13-30(24-20-22(33)10-12-27(24)34(2)29(38)41-30)14-7-5-6-8-23(21-9-11-25(31)26(32)19-21)28(37)35-15-17-36(18-16-35)42(3,39)40/h9-12,19-20,23H,4-8,13-18H2,1-3H3. The fourth-order valence-electron chi connectivity index (χ4n) is 6.01. The molecule has 0 aliphatic carbocycles. The molecule has 2 atom stereocenters. The van der Waals surface area contributed by atoms with Gasteiger partial charge >= 0.3 is 6.09 Å². The first kappa shape index (κ1) is 32.5. The van der Waals surface area contributed by atoms with E-state index < -0.39 is 27.6 Å². The van der Waals surface area contributed by atoms with Gasteiger partial charge in [-0.05, 0) is 61.6 Å². The van der Waals surface area contributed by atoms with E-state index in [2.05, 4.69) is 0 Å². The summed E-state index contributed by atoms with van der Waals surface area (Å²) in [6.45, 7) is 3.16. The second-order valence-electron chi connectivity index (χ2n) is 11.1. The van der Waals surface area contributed by atoms with Crippen molar-refractivity contribution in [3.8, 4) is 0 Å². The lowest BCUT2D eigenvalue weighted by molar-refractivity contribution is -0.134. The molecule has 1 saturated heterocycles. The highest BCUT2D eigenvalue weighted by molar-refractivity contribution is 7.88. The highest BCUT2D eigenvalue weighted by Gasteiger charge is 2.43. The summed E-state index contributed by atoms with van der Waals surface area (Å²) in [4.78, 5) is 29.6. The molecule has 2 amide bonds. The van der Waals surface area contributed by atoms with Gasteiger partial charge in [-0.3, -0.25) is 9.69 Å². The van der Waals surface area contributed by atoms with Crippen molar-refractivity contribution in [2.75, 3.05) is 44.4 Å². The lowest BCUT2D eigenvalue weighted by Gasteiger charge is -2.42. The number of benzene rings is 2. The van der Waals surface area contributed by atoms with Gasteiger partial charge in [-0.25, -0.2) is 17.6 Å². The summed E-state index contributed by atoms with van der Waals surface area (Å²) >= 11 is 12.4. The van der Waals surface area contributed by atoms with E-state index >= 15 is 0 Å².